The molecule has 0 radical (unpaired) electrons. The monoisotopic (exact) mass is 492 g/mol. The van der Waals surface area contributed by atoms with Crippen molar-refractivity contribution in [2.45, 2.75) is 18.1 Å². The Hall–Kier alpha value is -3.02. The fourth-order valence-corrected chi connectivity index (χ4v) is 4.26. The van der Waals surface area contributed by atoms with Crippen molar-refractivity contribution in [2.75, 3.05) is 39.8 Å². The fourth-order valence-electron chi connectivity index (χ4n) is 4.04. The largest absolute Gasteiger partial charge is 0.365 e. The number of rotatable bonds is 6. The molecule has 180 valence electrons. The van der Waals surface area contributed by atoms with Gasteiger partial charge in [-0.1, -0.05) is 18.2 Å². The van der Waals surface area contributed by atoms with E-state index in [0.717, 1.165) is 0 Å². The molecular weight excluding hydrogens is 470 g/mol. The van der Waals surface area contributed by atoms with Gasteiger partial charge < -0.3 is 15.0 Å². The van der Waals surface area contributed by atoms with E-state index in [2.05, 4.69) is 26.8 Å². The average Bonchev–Trinajstić information content (AvgIpc) is 2.81. The van der Waals surface area contributed by atoms with Gasteiger partial charge >= 0.3 is 0 Å². The highest BCUT2D eigenvalue weighted by atomic mass is 35.5. The first-order valence-corrected chi connectivity index (χ1v) is 10.9. The smallest absolute Gasteiger partial charge is 0.272 e. The van der Waals surface area contributed by atoms with Crippen LogP contribution in [0.5, 0.6) is 0 Å². The molecule has 2 atom stereocenters. The van der Waals surface area contributed by atoms with Gasteiger partial charge in [0.1, 0.15) is 23.3 Å². The molecule has 2 aliphatic heterocycles. The number of nitrogens with zero attached hydrogens (tertiary/aromatic N) is 5. The maximum Gasteiger partial charge on any atom is 0.272 e. The van der Waals surface area contributed by atoms with E-state index in [1.54, 1.807) is 21.9 Å². The molecule has 2 amide bonds. The van der Waals surface area contributed by atoms with Crippen molar-refractivity contribution in [1.82, 2.24) is 30.1 Å². The predicted octanol–water partition coefficient (Wildman–Crippen LogP) is 1.96. The first-order chi connectivity index (χ1) is 16.2. The summed E-state index contributed by atoms with van der Waals surface area (Å²) in [6.07, 6.45) is 1.41. The molecule has 0 unspecified atom stereocenters. The van der Waals surface area contributed by atoms with Gasteiger partial charge in [0, 0.05) is 20.1 Å². The summed E-state index contributed by atoms with van der Waals surface area (Å²) in [5.41, 5.74) is 1.57. The van der Waals surface area contributed by atoms with E-state index in [1.165, 1.54) is 25.5 Å². The highest BCUT2D eigenvalue weighted by Crippen LogP contribution is 2.32. The van der Waals surface area contributed by atoms with Crippen LogP contribution in [-0.2, 0) is 9.53 Å². The quantitative estimate of drug-likeness (QED) is 0.486. The summed E-state index contributed by atoms with van der Waals surface area (Å²) in [4.78, 5) is 39.9. The SMILES string of the molecule is C=CC(=O)N1C[C@H](CN2CC(F)(F)C2)O[C@@H](c2cc(Cl)nc(-c3cc(C(=O)NC)ncn3)c2)C1. The van der Waals surface area contributed by atoms with Crippen LogP contribution in [0.25, 0.3) is 11.4 Å². The van der Waals surface area contributed by atoms with Crippen LogP contribution < -0.4 is 5.32 Å². The molecule has 0 bridgehead atoms. The number of carbonyl (C=O) groups excluding carboxylic acids is 2. The van der Waals surface area contributed by atoms with E-state index in [0.29, 0.717) is 17.0 Å². The van der Waals surface area contributed by atoms with E-state index in [4.69, 9.17) is 16.3 Å². The number of morpholine rings is 1. The Kier molecular flexibility index (Phi) is 6.87. The van der Waals surface area contributed by atoms with Crippen LogP contribution >= 0.6 is 11.6 Å². The molecule has 2 aromatic heterocycles. The van der Waals surface area contributed by atoms with Crippen LogP contribution in [0.4, 0.5) is 8.78 Å². The molecule has 0 aliphatic carbocycles. The molecule has 0 saturated carbocycles. The Bertz CT molecular complexity index is 1110. The molecule has 4 rings (SSSR count). The van der Waals surface area contributed by atoms with Gasteiger partial charge in [0.05, 0.1) is 37.1 Å². The number of likely N-dealkylation sites (tertiary alicyclic amines) is 1. The zero-order valence-corrected chi connectivity index (χ0v) is 19.1. The van der Waals surface area contributed by atoms with Gasteiger partial charge in [0.2, 0.25) is 5.91 Å². The third-order valence-corrected chi connectivity index (χ3v) is 5.80. The second-order valence-corrected chi connectivity index (χ2v) is 8.58. The molecule has 12 heteroatoms. The highest BCUT2D eigenvalue weighted by Gasteiger charge is 2.45. The number of hydrogen-bond donors (Lipinski definition) is 1. The maximum atomic E-state index is 13.3. The van der Waals surface area contributed by atoms with Crippen LogP contribution in [0.15, 0.2) is 37.2 Å². The van der Waals surface area contributed by atoms with Crippen molar-refractivity contribution >= 4 is 23.4 Å². The number of amides is 2. The van der Waals surface area contributed by atoms with Gasteiger partial charge in [0.15, 0.2) is 0 Å². The summed E-state index contributed by atoms with van der Waals surface area (Å²) in [5.74, 6) is -3.35. The lowest BCUT2D eigenvalue weighted by atomic mass is 10.0. The summed E-state index contributed by atoms with van der Waals surface area (Å²) >= 11 is 6.28. The summed E-state index contributed by atoms with van der Waals surface area (Å²) in [7, 11) is 1.49. The third kappa shape index (κ3) is 5.37. The number of nitrogens with one attached hydrogen (secondary N) is 1. The summed E-state index contributed by atoms with van der Waals surface area (Å²) in [6, 6.07) is 4.82. The zero-order valence-electron chi connectivity index (χ0n) is 18.4. The van der Waals surface area contributed by atoms with Crippen LogP contribution in [0.2, 0.25) is 5.15 Å². The number of alkyl halides is 2. The van der Waals surface area contributed by atoms with E-state index in [-0.39, 0.29) is 55.4 Å². The summed E-state index contributed by atoms with van der Waals surface area (Å²) < 4.78 is 32.8. The molecule has 34 heavy (non-hydrogen) atoms. The topological polar surface area (TPSA) is 101 Å². The maximum absolute atomic E-state index is 13.3. The molecule has 0 aromatic carbocycles. The standard InChI is InChI=1S/C22H23ClF2N6O3/c1-3-20(32)31-8-14(7-30-10-22(24,25)11-30)34-18(9-31)13-4-16(29-19(23)5-13)15-6-17(21(33)26-2)28-12-27-15/h3-6,12,14,18H,1,7-11H2,2H3,(H,26,33)/t14-,18+/m0/s1. The molecule has 1 N–H and O–H groups in total. The molecule has 2 aromatic rings. The van der Waals surface area contributed by atoms with Gasteiger partial charge in [-0.25, -0.2) is 23.7 Å². The number of aromatic nitrogens is 3. The number of ether oxygens (including phenoxy) is 1. The molecule has 0 spiro atoms. The van der Waals surface area contributed by atoms with Crippen molar-refractivity contribution in [3.63, 3.8) is 0 Å². The van der Waals surface area contributed by atoms with Gasteiger partial charge in [-0.3, -0.25) is 14.5 Å². The Morgan fingerprint density at radius 2 is 2.03 bits per heavy atom. The van der Waals surface area contributed by atoms with Crippen molar-refractivity contribution in [2.24, 2.45) is 0 Å². The Balaban J connectivity index is 1.60. The second kappa shape index (κ2) is 9.69. The Morgan fingerprint density at radius 1 is 1.26 bits per heavy atom. The number of halogens is 3. The van der Waals surface area contributed by atoms with Crippen LogP contribution in [0.3, 0.4) is 0 Å². The minimum Gasteiger partial charge on any atom is -0.365 e. The first kappa shape index (κ1) is 24.1. The molecular formula is C22H23ClF2N6O3. The van der Waals surface area contributed by atoms with E-state index in [9.17, 15) is 18.4 Å². The summed E-state index contributed by atoms with van der Waals surface area (Å²) in [6.45, 7) is 3.63. The average molecular weight is 493 g/mol. The molecule has 2 aliphatic rings. The lowest BCUT2D eigenvalue weighted by molar-refractivity contribution is -0.165. The fraction of sp³-hybridized carbons (Fsp3) is 0.409. The lowest BCUT2D eigenvalue weighted by Crippen LogP contribution is -2.60. The Morgan fingerprint density at radius 3 is 2.71 bits per heavy atom. The van der Waals surface area contributed by atoms with Crippen molar-refractivity contribution in [3.05, 3.63) is 53.6 Å². The molecule has 4 heterocycles. The van der Waals surface area contributed by atoms with Gasteiger partial charge in [-0.15, -0.1) is 0 Å². The minimum absolute atomic E-state index is 0.166. The number of hydrogen-bond acceptors (Lipinski definition) is 7. The first-order valence-electron chi connectivity index (χ1n) is 10.6. The second-order valence-electron chi connectivity index (χ2n) is 8.20. The van der Waals surface area contributed by atoms with E-state index in [1.807, 2.05) is 0 Å². The van der Waals surface area contributed by atoms with Gasteiger partial charge in [0.25, 0.3) is 11.8 Å². The van der Waals surface area contributed by atoms with Crippen molar-refractivity contribution in [1.29, 1.82) is 0 Å². The van der Waals surface area contributed by atoms with Crippen molar-refractivity contribution < 1.29 is 23.1 Å². The summed E-state index contributed by atoms with van der Waals surface area (Å²) in [5, 5.41) is 2.67. The van der Waals surface area contributed by atoms with Crippen molar-refractivity contribution in [3.8, 4) is 11.4 Å². The predicted molar refractivity (Wildman–Crippen MR) is 119 cm³/mol. The highest BCUT2D eigenvalue weighted by molar-refractivity contribution is 6.29. The van der Waals surface area contributed by atoms with Gasteiger partial charge in [-0.05, 0) is 29.8 Å². The zero-order chi connectivity index (χ0) is 24.5. The van der Waals surface area contributed by atoms with Crippen LogP contribution in [0, 0.1) is 0 Å². The molecule has 2 fully saturated rings. The minimum atomic E-state index is -2.69. The molecule has 2 saturated heterocycles. The normalized spacial score (nSPS) is 22.1. The van der Waals surface area contributed by atoms with E-state index < -0.39 is 18.1 Å². The lowest BCUT2D eigenvalue weighted by Gasteiger charge is -2.44. The number of pyridine rings is 1. The molecule has 9 nitrogen and oxygen atoms in total. The van der Waals surface area contributed by atoms with Gasteiger partial charge in [-0.2, -0.15) is 0 Å². The van der Waals surface area contributed by atoms with Crippen LogP contribution in [-0.4, -0.2) is 88.4 Å². The Labute approximate surface area is 199 Å². The number of carbonyl (C=O) groups is 2. The van der Waals surface area contributed by atoms with Crippen LogP contribution in [0.1, 0.15) is 22.2 Å². The van der Waals surface area contributed by atoms with E-state index >= 15 is 0 Å². The third-order valence-electron chi connectivity index (χ3n) is 5.60.